The molecule has 0 amide bonds. The highest BCUT2D eigenvalue weighted by Gasteiger charge is 2.36. The van der Waals surface area contributed by atoms with E-state index in [1.54, 1.807) is 12.1 Å². The van der Waals surface area contributed by atoms with Crippen molar-refractivity contribution >= 4 is 5.78 Å². The van der Waals surface area contributed by atoms with Crippen LogP contribution in [0.4, 0.5) is 4.39 Å². The van der Waals surface area contributed by atoms with E-state index in [0.717, 1.165) is 12.8 Å². The van der Waals surface area contributed by atoms with Crippen LogP contribution < -0.4 is 0 Å². The van der Waals surface area contributed by atoms with Gasteiger partial charge in [0.05, 0.1) is 6.07 Å². The van der Waals surface area contributed by atoms with Gasteiger partial charge in [-0.2, -0.15) is 5.26 Å². The highest BCUT2D eigenvalue weighted by Crippen LogP contribution is 2.35. The van der Waals surface area contributed by atoms with Crippen molar-refractivity contribution in [3.8, 4) is 6.07 Å². The molecule has 2 rings (SSSR count). The molecule has 3 heteroatoms. The van der Waals surface area contributed by atoms with E-state index in [-0.39, 0.29) is 17.3 Å². The molecule has 1 aliphatic carbocycles. The summed E-state index contributed by atoms with van der Waals surface area (Å²) in [7, 11) is 0. The Labute approximate surface area is 87.3 Å². The number of nitrogens with zero attached hydrogens (tertiary/aromatic N) is 1. The standard InChI is InChI=1S/C12H10FNO/c13-11-4-2-1-3-9(11)10(7-14)12(15)8-5-6-8/h1-4,8,10H,5-6H2/t10-/m0/s1. The summed E-state index contributed by atoms with van der Waals surface area (Å²) in [5.41, 5.74) is 0.205. The average molecular weight is 203 g/mol. The Morgan fingerprint density at radius 3 is 2.67 bits per heavy atom. The van der Waals surface area contributed by atoms with Gasteiger partial charge in [-0.1, -0.05) is 18.2 Å². The molecule has 0 unspecified atom stereocenters. The predicted molar refractivity (Wildman–Crippen MR) is 52.5 cm³/mol. The number of halogens is 1. The number of benzene rings is 1. The van der Waals surface area contributed by atoms with Crippen LogP contribution in [0, 0.1) is 23.1 Å². The first-order valence-electron chi connectivity index (χ1n) is 4.92. The molecule has 0 N–H and O–H groups in total. The van der Waals surface area contributed by atoms with Gasteiger partial charge in [0.2, 0.25) is 0 Å². The Hall–Kier alpha value is -1.69. The van der Waals surface area contributed by atoms with Crippen LogP contribution >= 0.6 is 0 Å². The van der Waals surface area contributed by atoms with Gasteiger partial charge in [0.25, 0.3) is 0 Å². The highest BCUT2D eigenvalue weighted by molar-refractivity contribution is 5.92. The number of Topliss-reactive ketones (excluding diaryl/α,β-unsaturated/α-hetero) is 1. The van der Waals surface area contributed by atoms with Crippen LogP contribution in [-0.2, 0) is 4.79 Å². The van der Waals surface area contributed by atoms with Gasteiger partial charge in [-0.25, -0.2) is 4.39 Å². The molecule has 1 saturated carbocycles. The molecule has 1 aromatic carbocycles. The van der Waals surface area contributed by atoms with Crippen molar-refractivity contribution in [1.29, 1.82) is 5.26 Å². The highest BCUT2D eigenvalue weighted by atomic mass is 19.1. The van der Waals surface area contributed by atoms with E-state index >= 15 is 0 Å². The average Bonchev–Trinajstić information content (AvgIpc) is 3.05. The summed E-state index contributed by atoms with van der Waals surface area (Å²) in [4.78, 5) is 11.7. The van der Waals surface area contributed by atoms with E-state index in [9.17, 15) is 9.18 Å². The third kappa shape index (κ3) is 1.89. The Kier molecular flexibility index (Phi) is 2.51. The normalized spacial score (nSPS) is 16.8. The maximum atomic E-state index is 13.4. The van der Waals surface area contributed by atoms with E-state index in [1.807, 2.05) is 6.07 Å². The van der Waals surface area contributed by atoms with E-state index in [1.165, 1.54) is 12.1 Å². The van der Waals surface area contributed by atoms with Gasteiger partial charge in [0, 0.05) is 11.5 Å². The van der Waals surface area contributed by atoms with Crippen molar-refractivity contribution in [3.05, 3.63) is 35.6 Å². The van der Waals surface area contributed by atoms with Gasteiger partial charge in [0.1, 0.15) is 11.7 Å². The molecule has 0 spiro atoms. The number of nitriles is 1. The molecule has 0 bridgehead atoms. The lowest BCUT2D eigenvalue weighted by Gasteiger charge is -2.08. The summed E-state index contributed by atoms with van der Waals surface area (Å²) in [6.45, 7) is 0. The number of ketones is 1. The second-order valence-electron chi connectivity index (χ2n) is 3.76. The van der Waals surface area contributed by atoms with Gasteiger partial charge in [-0.05, 0) is 18.9 Å². The lowest BCUT2D eigenvalue weighted by atomic mass is 9.93. The van der Waals surface area contributed by atoms with Gasteiger partial charge < -0.3 is 0 Å². The fourth-order valence-electron chi connectivity index (χ4n) is 1.60. The van der Waals surface area contributed by atoms with Crippen LogP contribution in [-0.4, -0.2) is 5.78 Å². The molecule has 15 heavy (non-hydrogen) atoms. The van der Waals surface area contributed by atoms with E-state index < -0.39 is 11.7 Å². The zero-order valence-electron chi connectivity index (χ0n) is 8.11. The number of hydrogen-bond donors (Lipinski definition) is 0. The summed E-state index contributed by atoms with van der Waals surface area (Å²) in [6, 6.07) is 7.86. The minimum absolute atomic E-state index is 0.0192. The molecular weight excluding hydrogens is 193 g/mol. The van der Waals surface area contributed by atoms with Crippen molar-refractivity contribution < 1.29 is 9.18 Å². The van der Waals surface area contributed by atoms with Gasteiger partial charge in [0.15, 0.2) is 5.78 Å². The molecule has 0 aliphatic heterocycles. The zero-order valence-corrected chi connectivity index (χ0v) is 8.11. The van der Waals surface area contributed by atoms with Crippen LogP contribution in [0.15, 0.2) is 24.3 Å². The van der Waals surface area contributed by atoms with Gasteiger partial charge >= 0.3 is 0 Å². The molecule has 2 nitrogen and oxygen atoms in total. The van der Waals surface area contributed by atoms with Crippen molar-refractivity contribution in [2.24, 2.45) is 5.92 Å². The van der Waals surface area contributed by atoms with E-state index in [2.05, 4.69) is 0 Å². The minimum atomic E-state index is -0.932. The number of carbonyl (C=O) groups excluding carboxylic acids is 1. The second kappa shape index (κ2) is 3.82. The number of hydrogen-bond acceptors (Lipinski definition) is 2. The first kappa shape index (κ1) is 9.85. The Bertz CT molecular complexity index is 431. The molecule has 1 atom stereocenters. The smallest absolute Gasteiger partial charge is 0.157 e. The fourth-order valence-corrected chi connectivity index (χ4v) is 1.60. The van der Waals surface area contributed by atoms with Crippen LogP contribution in [0.1, 0.15) is 24.3 Å². The summed E-state index contributed by atoms with van der Waals surface area (Å²) in [6.07, 6.45) is 1.68. The largest absolute Gasteiger partial charge is 0.298 e. The van der Waals surface area contributed by atoms with Crippen molar-refractivity contribution in [1.82, 2.24) is 0 Å². The number of carbonyl (C=O) groups is 1. The van der Waals surface area contributed by atoms with Crippen LogP contribution in [0.5, 0.6) is 0 Å². The summed E-state index contributed by atoms with van der Waals surface area (Å²) < 4.78 is 13.4. The maximum absolute atomic E-state index is 13.4. The molecule has 0 heterocycles. The molecule has 1 aliphatic rings. The van der Waals surface area contributed by atoms with E-state index in [0.29, 0.717) is 0 Å². The van der Waals surface area contributed by atoms with Gasteiger partial charge in [-0.3, -0.25) is 4.79 Å². The molecule has 1 fully saturated rings. The molecular formula is C12H10FNO. The molecule has 1 aromatic rings. The third-order valence-electron chi connectivity index (χ3n) is 2.61. The number of rotatable bonds is 3. The maximum Gasteiger partial charge on any atom is 0.157 e. The van der Waals surface area contributed by atoms with Gasteiger partial charge in [-0.15, -0.1) is 0 Å². The Balaban J connectivity index is 2.31. The second-order valence-corrected chi connectivity index (χ2v) is 3.76. The third-order valence-corrected chi connectivity index (χ3v) is 2.61. The first-order chi connectivity index (χ1) is 7.24. The van der Waals surface area contributed by atoms with Crippen LogP contribution in [0.3, 0.4) is 0 Å². The monoisotopic (exact) mass is 203 g/mol. The van der Waals surface area contributed by atoms with Crippen molar-refractivity contribution in [2.45, 2.75) is 18.8 Å². The van der Waals surface area contributed by atoms with E-state index in [4.69, 9.17) is 5.26 Å². The van der Waals surface area contributed by atoms with Crippen LogP contribution in [0.2, 0.25) is 0 Å². The quantitative estimate of drug-likeness (QED) is 0.756. The first-order valence-corrected chi connectivity index (χ1v) is 4.92. The zero-order chi connectivity index (χ0) is 10.8. The predicted octanol–water partition coefficient (Wildman–Crippen LogP) is 2.41. The lowest BCUT2D eigenvalue weighted by molar-refractivity contribution is -0.120. The van der Waals surface area contributed by atoms with Crippen molar-refractivity contribution in [3.63, 3.8) is 0 Å². The molecule has 0 saturated heterocycles. The molecule has 76 valence electrons. The molecule has 0 aromatic heterocycles. The SMILES string of the molecule is N#C[C@H](C(=O)C1CC1)c1ccccc1F. The Morgan fingerprint density at radius 2 is 2.13 bits per heavy atom. The lowest BCUT2D eigenvalue weighted by Crippen LogP contribution is -2.13. The molecule has 0 radical (unpaired) electrons. The topological polar surface area (TPSA) is 40.9 Å². The summed E-state index contributed by atoms with van der Waals surface area (Å²) in [5, 5.41) is 8.91. The summed E-state index contributed by atoms with van der Waals surface area (Å²) >= 11 is 0. The van der Waals surface area contributed by atoms with Crippen LogP contribution in [0.25, 0.3) is 0 Å². The minimum Gasteiger partial charge on any atom is -0.298 e. The van der Waals surface area contributed by atoms with Crippen molar-refractivity contribution in [2.75, 3.05) is 0 Å². The Morgan fingerprint density at radius 1 is 1.47 bits per heavy atom. The fraction of sp³-hybridized carbons (Fsp3) is 0.333. The summed E-state index contributed by atoms with van der Waals surface area (Å²) in [5.74, 6) is -1.56.